The molecule has 132 valence electrons. The molecule has 1 aliphatic rings. The fraction of sp³-hybridized carbons (Fsp3) is 0.389. The molecule has 3 rings (SSSR count). The molecular formula is C18H19FN2O4. The Morgan fingerprint density at radius 2 is 2.08 bits per heavy atom. The van der Waals surface area contributed by atoms with E-state index in [1.165, 1.54) is 6.07 Å². The summed E-state index contributed by atoms with van der Waals surface area (Å²) in [5.41, 5.74) is 4.76. The van der Waals surface area contributed by atoms with Crippen LogP contribution in [0.25, 0.3) is 10.9 Å². The number of pyridine rings is 1. The van der Waals surface area contributed by atoms with Crippen molar-refractivity contribution in [3.63, 3.8) is 0 Å². The average molecular weight is 346 g/mol. The van der Waals surface area contributed by atoms with Crippen LogP contribution in [0.4, 0.5) is 4.39 Å². The van der Waals surface area contributed by atoms with Gasteiger partial charge in [0.05, 0.1) is 17.5 Å². The molecule has 0 bridgehead atoms. The standard InChI is InChI=1S/C18H19FN2O4/c1-3-24-17(23)18(7-4-8-18)25-13-9-12(16(20)22)21-11-6-5-10(2)15(19)14(11)13/h5-6,9H,3-4,7-8H2,1-2H3,(H2,20,22). The molecule has 1 saturated carbocycles. The lowest BCUT2D eigenvalue weighted by molar-refractivity contribution is -0.169. The average Bonchev–Trinajstić information content (AvgIpc) is 2.54. The number of hydrogen-bond donors (Lipinski definition) is 1. The molecule has 1 aromatic carbocycles. The van der Waals surface area contributed by atoms with Crippen LogP contribution in [0.1, 0.15) is 42.2 Å². The second kappa shape index (κ2) is 6.31. The second-order valence-corrected chi connectivity index (χ2v) is 6.13. The monoisotopic (exact) mass is 346 g/mol. The van der Waals surface area contributed by atoms with E-state index in [-0.39, 0.29) is 29.0 Å². The smallest absolute Gasteiger partial charge is 0.350 e. The van der Waals surface area contributed by atoms with Gasteiger partial charge in [-0.1, -0.05) is 6.07 Å². The Hall–Kier alpha value is -2.70. The van der Waals surface area contributed by atoms with Gasteiger partial charge in [0.15, 0.2) is 0 Å². The number of rotatable bonds is 5. The molecule has 0 aliphatic heterocycles. The van der Waals surface area contributed by atoms with Crippen molar-refractivity contribution in [1.29, 1.82) is 0 Å². The minimum absolute atomic E-state index is 0.0518. The number of hydrogen-bond acceptors (Lipinski definition) is 5. The Balaban J connectivity index is 2.15. The van der Waals surface area contributed by atoms with Crippen molar-refractivity contribution in [3.8, 4) is 5.75 Å². The summed E-state index contributed by atoms with van der Waals surface area (Å²) in [7, 11) is 0. The largest absolute Gasteiger partial charge is 0.475 e. The third-order valence-corrected chi connectivity index (χ3v) is 4.43. The fourth-order valence-electron chi connectivity index (χ4n) is 2.88. The number of esters is 1. The van der Waals surface area contributed by atoms with Crippen molar-refractivity contribution in [2.24, 2.45) is 5.73 Å². The molecule has 1 fully saturated rings. The summed E-state index contributed by atoms with van der Waals surface area (Å²) in [6.45, 7) is 3.55. The summed E-state index contributed by atoms with van der Waals surface area (Å²) < 4.78 is 25.7. The highest BCUT2D eigenvalue weighted by molar-refractivity contribution is 5.96. The van der Waals surface area contributed by atoms with Crippen molar-refractivity contribution >= 4 is 22.8 Å². The molecular weight excluding hydrogens is 327 g/mol. The van der Waals surface area contributed by atoms with Crippen LogP contribution in [0.5, 0.6) is 5.75 Å². The number of fused-ring (bicyclic) bond motifs is 1. The SMILES string of the molecule is CCOC(=O)C1(Oc2cc(C(N)=O)nc3ccc(C)c(F)c23)CCC1. The molecule has 0 atom stereocenters. The van der Waals surface area contributed by atoms with Gasteiger partial charge >= 0.3 is 5.97 Å². The molecule has 2 aromatic rings. The van der Waals surface area contributed by atoms with E-state index in [2.05, 4.69) is 4.98 Å². The number of carbonyl (C=O) groups is 2. The number of halogens is 1. The zero-order valence-electron chi connectivity index (χ0n) is 14.1. The first-order chi connectivity index (χ1) is 11.9. The number of nitrogens with zero attached hydrogens (tertiary/aromatic N) is 1. The van der Waals surface area contributed by atoms with Crippen LogP contribution < -0.4 is 10.5 Å². The van der Waals surface area contributed by atoms with Gasteiger partial charge in [-0.15, -0.1) is 0 Å². The second-order valence-electron chi connectivity index (χ2n) is 6.13. The Bertz CT molecular complexity index is 862. The third kappa shape index (κ3) is 2.90. The molecule has 7 heteroatoms. The van der Waals surface area contributed by atoms with Crippen LogP contribution in [0.15, 0.2) is 18.2 Å². The molecule has 1 aliphatic carbocycles. The number of primary amides is 1. The zero-order chi connectivity index (χ0) is 18.2. The van der Waals surface area contributed by atoms with Crippen molar-refractivity contribution in [3.05, 3.63) is 35.3 Å². The first-order valence-electron chi connectivity index (χ1n) is 8.14. The predicted molar refractivity (Wildman–Crippen MR) is 88.8 cm³/mol. The Morgan fingerprint density at radius 1 is 1.36 bits per heavy atom. The molecule has 2 N–H and O–H groups in total. The lowest BCUT2D eigenvalue weighted by Crippen LogP contribution is -2.51. The number of aryl methyl sites for hydroxylation is 1. The van der Waals surface area contributed by atoms with E-state index in [0.29, 0.717) is 18.4 Å². The Labute approximate surface area is 144 Å². The molecule has 6 nitrogen and oxygen atoms in total. The summed E-state index contributed by atoms with van der Waals surface area (Å²) in [6, 6.07) is 4.43. The summed E-state index contributed by atoms with van der Waals surface area (Å²) in [6.07, 6.45) is 1.73. The maximum Gasteiger partial charge on any atom is 0.350 e. The lowest BCUT2D eigenvalue weighted by Gasteiger charge is -2.39. The molecule has 0 saturated heterocycles. The number of ether oxygens (including phenoxy) is 2. The Kier molecular flexibility index (Phi) is 4.32. The van der Waals surface area contributed by atoms with Crippen molar-refractivity contribution in [2.45, 2.75) is 38.7 Å². The highest BCUT2D eigenvalue weighted by Crippen LogP contribution is 2.41. The molecule has 1 heterocycles. The van der Waals surface area contributed by atoms with Crippen LogP contribution in [-0.4, -0.2) is 29.1 Å². The van der Waals surface area contributed by atoms with E-state index in [1.807, 2.05) is 0 Å². The molecule has 0 unspecified atom stereocenters. The fourth-order valence-corrected chi connectivity index (χ4v) is 2.88. The Morgan fingerprint density at radius 3 is 2.64 bits per heavy atom. The first-order valence-corrected chi connectivity index (χ1v) is 8.14. The van der Waals surface area contributed by atoms with Gasteiger partial charge in [0.1, 0.15) is 17.3 Å². The highest BCUT2D eigenvalue weighted by Gasteiger charge is 2.48. The number of aromatic nitrogens is 1. The van der Waals surface area contributed by atoms with E-state index in [0.717, 1.165) is 6.42 Å². The normalized spacial score (nSPS) is 15.5. The van der Waals surface area contributed by atoms with Gasteiger partial charge in [0.2, 0.25) is 5.60 Å². The first kappa shape index (κ1) is 17.1. The highest BCUT2D eigenvalue weighted by atomic mass is 19.1. The van der Waals surface area contributed by atoms with E-state index in [4.69, 9.17) is 15.2 Å². The number of benzene rings is 1. The van der Waals surface area contributed by atoms with Gasteiger partial charge < -0.3 is 15.2 Å². The summed E-state index contributed by atoms with van der Waals surface area (Å²) in [5, 5.41) is 0.126. The van der Waals surface area contributed by atoms with Gasteiger partial charge in [0.25, 0.3) is 5.91 Å². The molecule has 1 amide bonds. The van der Waals surface area contributed by atoms with Crippen LogP contribution in [0.2, 0.25) is 0 Å². The summed E-state index contributed by atoms with van der Waals surface area (Å²) in [5.74, 6) is -1.67. The van der Waals surface area contributed by atoms with Crippen LogP contribution in [0, 0.1) is 12.7 Å². The zero-order valence-corrected chi connectivity index (χ0v) is 14.1. The van der Waals surface area contributed by atoms with E-state index < -0.39 is 23.3 Å². The van der Waals surface area contributed by atoms with Crippen molar-refractivity contribution < 1.29 is 23.5 Å². The molecule has 25 heavy (non-hydrogen) atoms. The summed E-state index contributed by atoms with van der Waals surface area (Å²) in [4.78, 5) is 27.9. The van der Waals surface area contributed by atoms with Gasteiger partial charge in [-0.3, -0.25) is 4.79 Å². The van der Waals surface area contributed by atoms with E-state index in [1.54, 1.807) is 26.0 Å². The maximum atomic E-state index is 14.7. The number of nitrogens with two attached hydrogens (primary N) is 1. The van der Waals surface area contributed by atoms with Crippen molar-refractivity contribution in [1.82, 2.24) is 4.98 Å². The van der Waals surface area contributed by atoms with Gasteiger partial charge in [-0.25, -0.2) is 14.2 Å². The summed E-state index contributed by atoms with van der Waals surface area (Å²) >= 11 is 0. The maximum absolute atomic E-state index is 14.7. The third-order valence-electron chi connectivity index (χ3n) is 4.43. The van der Waals surface area contributed by atoms with Crippen molar-refractivity contribution in [2.75, 3.05) is 6.61 Å². The minimum atomic E-state index is -1.16. The van der Waals surface area contributed by atoms with Crippen LogP contribution in [-0.2, 0) is 9.53 Å². The quantitative estimate of drug-likeness (QED) is 0.840. The number of carbonyl (C=O) groups excluding carboxylic acids is 2. The minimum Gasteiger partial charge on any atom is -0.475 e. The topological polar surface area (TPSA) is 91.5 Å². The predicted octanol–water partition coefficient (Wildman–Crippen LogP) is 2.65. The number of amides is 1. The molecule has 0 radical (unpaired) electrons. The lowest BCUT2D eigenvalue weighted by atomic mass is 9.80. The van der Waals surface area contributed by atoms with Crippen LogP contribution >= 0.6 is 0 Å². The van der Waals surface area contributed by atoms with E-state index >= 15 is 0 Å². The van der Waals surface area contributed by atoms with Gasteiger partial charge in [-0.05, 0) is 44.7 Å². The molecule has 1 aromatic heterocycles. The molecule has 0 spiro atoms. The van der Waals surface area contributed by atoms with Gasteiger partial charge in [0, 0.05) is 6.07 Å². The van der Waals surface area contributed by atoms with Gasteiger partial charge in [-0.2, -0.15) is 0 Å². The van der Waals surface area contributed by atoms with E-state index in [9.17, 15) is 14.0 Å². The van der Waals surface area contributed by atoms with Crippen LogP contribution in [0.3, 0.4) is 0 Å².